The van der Waals surface area contributed by atoms with Gasteiger partial charge in [-0.15, -0.1) is 5.10 Å². The third-order valence-electron chi connectivity index (χ3n) is 4.90. The van der Waals surface area contributed by atoms with E-state index in [4.69, 9.17) is 9.47 Å². The summed E-state index contributed by atoms with van der Waals surface area (Å²) in [6.07, 6.45) is -0.134. The third kappa shape index (κ3) is 3.61. The molecule has 0 bridgehead atoms. The van der Waals surface area contributed by atoms with Crippen molar-refractivity contribution in [2.75, 3.05) is 14.2 Å². The summed E-state index contributed by atoms with van der Waals surface area (Å²) < 4.78 is 13.0. The maximum absolute atomic E-state index is 12.8. The highest BCUT2D eigenvalue weighted by Crippen LogP contribution is 2.28. The van der Waals surface area contributed by atoms with Crippen molar-refractivity contribution in [2.24, 2.45) is 0 Å². The van der Waals surface area contributed by atoms with E-state index in [1.165, 1.54) is 0 Å². The fraction of sp³-hybridized carbons (Fsp3) is 0.286. The number of ether oxygens (including phenoxy) is 2. The van der Waals surface area contributed by atoms with E-state index in [1.54, 1.807) is 23.7 Å². The average molecular weight is 378 g/mol. The number of rotatable bonds is 5. The summed E-state index contributed by atoms with van der Waals surface area (Å²) in [5.74, 6) is 0.645. The molecule has 0 unspecified atom stereocenters. The van der Waals surface area contributed by atoms with E-state index in [0.29, 0.717) is 25.4 Å². The molecule has 0 radical (unpaired) electrons. The molecule has 2 heterocycles. The Morgan fingerprint density at radius 3 is 2.68 bits per heavy atom. The lowest BCUT2D eigenvalue weighted by molar-refractivity contribution is -0.00194. The van der Waals surface area contributed by atoms with Crippen molar-refractivity contribution in [1.82, 2.24) is 19.9 Å². The monoisotopic (exact) mass is 378 g/mol. The number of methoxy groups -OCH3 is 1. The zero-order chi connectivity index (χ0) is 19.5. The Morgan fingerprint density at radius 2 is 1.96 bits per heavy atom. The van der Waals surface area contributed by atoms with E-state index in [-0.39, 0.29) is 12.0 Å². The molecule has 0 fully saturated rings. The van der Waals surface area contributed by atoms with E-state index in [1.807, 2.05) is 54.6 Å². The second kappa shape index (κ2) is 7.82. The van der Waals surface area contributed by atoms with Crippen LogP contribution in [-0.4, -0.2) is 40.0 Å². The molecule has 0 saturated carbocycles. The van der Waals surface area contributed by atoms with Crippen LogP contribution >= 0.6 is 0 Å². The molecule has 1 atom stereocenters. The quantitative estimate of drug-likeness (QED) is 0.683. The Morgan fingerprint density at radius 1 is 1.21 bits per heavy atom. The van der Waals surface area contributed by atoms with Crippen molar-refractivity contribution in [2.45, 2.75) is 25.8 Å². The fourth-order valence-electron chi connectivity index (χ4n) is 3.31. The van der Waals surface area contributed by atoms with Crippen LogP contribution < -0.4 is 4.74 Å². The van der Waals surface area contributed by atoms with Gasteiger partial charge in [0.1, 0.15) is 11.9 Å². The van der Waals surface area contributed by atoms with Gasteiger partial charge in [0, 0.05) is 13.6 Å². The predicted octanol–water partition coefficient (Wildman–Crippen LogP) is 2.83. The first-order valence-electron chi connectivity index (χ1n) is 9.13. The molecular weight excluding hydrogens is 356 g/mol. The summed E-state index contributed by atoms with van der Waals surface area (Å²) in [6, 6.07) is 17.6. The van der Waals surface area contributed by atoms with Crippen LogP contribution in [0, 0.1) is 0 Å². The number of hydrogen-bond donors (Lipinski definition) is 0. The Kier molecular flexibility index (Phi) is 5.08. The maximum atomic E-state index is 12.8. The summed E-state index contributed by atoms with van der Waals surface area (Å²) in [7, 11) is 3.41. The molecule has 1 amide bonds. The summed E-state index contributed by atoms with van der Waals surface area (Å²) in [4.78, 5) is 14.5. The summed E-state index contributed by atoms with van der Waals surface area (Å²) in [5.41, 5.74) is 3.17. The van der Waals surface area contributed by atoms with E-state index in [9.17, 15) is 4.79 Å². The van der Waals surface area contributed by atoms with Crippen LogP contribution in [0.15, 0.2) is 54.6 Å². The largest absolute Gasteiger partial charge is 0.497 e. The zero-order valence-electron chi connectivity index (χ0n) is 15.9. The Hall–Kier alpha value is -3.19. The van der Waals surface area contributed by atoms with Gasteiger partial charge in [-0.2, -0.15) is 0 Å². The van der Waals surface area contributed by atoms with Crippen molar-refractivity contribution >= 4 is 5.91 Å². The van der Waals surface area contributed by atoms with Crippen LogP contribution in [0.5, 0.6) is 5.75 Å². The standard InChI is InChI=1S/C21H22N4O3/c1-24(12-15-6-4-3-5-7-15)21(26)20-18-14-28-19(13-25(18)23-22-20)16-8-10-17(27-2)11-9-16/h3-11,19H,12-14H2,1-2H3/t19-/m0/s1. The molecule has 0 N–H and O–H groups in total. The number of aromatic nitrogens is 3. The zero-order valence-corrected chi connectivity index (χ0v) is 15.9. The number of carbonyl (C=O) groups excluding carboxylic acids is 1. The Labute approximate surface area is 163 Å². The third-order valence-corrected chi connectivity index (χ3v) is 4.90. The van der Waals surface area contributed by atoms with Gasteiger partial charge < -0.3 is 14.4 Å². The van der Waals surface area contributed by atoms with Crippen molar-refractivity contribution < 1.29 is 14.3 Å². The van der Waals surface area contributed by atoms with Crippen molar-refractivity contribution in [3.63, 3.8) is 0 Å². The van der Waals surface area contributed by atoms with Gasteiger partial charge in [0.25, 0.3) is 5.91 Å². The van der Waals surface area contributed by atoms with Gasteiger partial charge in [0.2, 0.25) is 0 Å². The van der Waals surface area contributed by atoms with Gasteiger partial charge in [-0.1, -0.05) is 47.7 Å². The lowest BCUT2D eigenvalue weighted by Gasteiger charge is -2.25. The Balaban J connectivity index is 1.47. The first-order valence-corrected chi connectivity index (χ1v) is 9.13. The van der Waals surface area contributed by atoms with Gasteiger partial charge in [-0.3, -0.25) is 4.79 Å². The highest BCUT2D eigenvalue weighted by atomic mass is 16.5. The number of carbonyl (C=O) groups is 1. The molecule has 1 aromatic heterocycles. The van der Waals surface area contributed by atoms with Gasteiger partial charge in [0.15, 0.2) is 5.69 Å². The number of benzene rings is 2. The molecule has 0 spiro atoms. The maximum Gasteiger partial charge on any atom is 0.276 e. The highest BCUT2D eigenvalue weighted by molar-refractivity contribution is 5.93. The molecule has 0 aliphatic carbocycles. The molecule has 0 saturated heterocycles. The molecule has 1 aliphatic heterocycles. The molecular formula is C21H22N4O3. The van der Waals surface area contributed by atoms with Crippen molar-refractivity contribution in [3.8, 4) is 5.75 Å². The van der Waals surface area contributed by atoms with E-state index < -0.39 is 0 Å². The summed E-state index contributed by atoms with van der Waals surface area (Å²) in [6.45, 7) is 1.33. The molecule has 4 rings (SSSR count). The molecule has 2 aromatic carbocycles. The Bertz CT molecular complexity index is 954. The number of fused-ring (bicyclic) bond motifs is 1. The van der Waals surface area contributed by atoms with Crippen molar-refractivity contribution in [1.29, 1.82) is 0 Å². The van der Waals surface area contributed by atoms with Gasteiger partial charge in [-0.05, 0) is 23.3 Å². The minimum atomic E-state index is -0.156. The molecule has 144 valence electrons. The molecule has 7 heteroatoms. The summed E-state index contributed by atoms with van der Waals surface area (Å²) in [5, 5.41) is 8.33. The normalized spacial score (nSPS) is 15.7. The van der Waals surface area contributed by atoms with Crippen LogP contribution in [0.3, 0.4) is 0 Å². The van der Waals surface area contributed by atoms with Crippen LogP contribution in [0.1, 0.15) is 33.4 Å². The SMILES string of the molecule is COc1ccc([C@@H]2Cn3nnc(C(=O)N(C)Cc4ccccc4)c3CO2)cc1. The van der Waals surface area contributed by atoms with Crippen LogP contribution in [0.4, 0.5) is 0 Å². The molecule has 7 nitrogen and oxygen atoms in total. The average Bonchev–Trinajstić information content (AvgIpc) is 3.17. The van der Waals surface area contributed by atoms with Crippen LogP contribution in [0.25, 0.3) is 0 Å². The minimum Gasteiger partial charge on any atom is -0.497 e. The lowest BCUT2D eigenvalue weighted by atomic mass is 10.1. The molecule has 28 heavy (non-hydrogen) atoms. The topological polar surface area (TPSA) is 69.5 Å². The molecule has 1 aliphatic rings. The number of nitrogens with zero attached hydrogens (tertiary/aromatic N) is 4. The van der Waals surface area contributed by atoms with Crippen LogP contribution in [-0.2, 0) is 24.4 Å². The van der Waals surface area contributed by atoms with Gasteiger partial charge >= 0.3 is 0 Å². The second-order valence-corrected chi connectivity index (χ2v) is 6.79. The van der Waals surface area contributed by atoms with E-state index >= 15 is 0 Å². The minimum absolute atomic E-state index is 0.134. The van der Waals surface area contributed by atoms with Crippen molar-refractivity contribution in [3.05, 3.63) is 77.1 Å². The van der Waals surface area contributed by atoms with Gasteiger partial charge in [0.05, 0.1) is 26.0 Å². The first kappa shape index (κ1) is 18.2. The number of hydrogen-bond acceptors (Lipinski definition) is 5. The van der Waals surface area contributed by atoms with Crippen LogP contribution in [0.2, 0.25) is 0 Å². The lowest BCUT2D eigenvalue weighted by Crippen LogP contribution is -2.29. The predicted molar refractivity (Wildman–Crippen MR) is 103 cm³/mol. The van der Waals surface area contributed by atoms with Gasteiger partial charge in [-0.25, -0.2) is 4.68 Å². The molecule has 3 aromatic rings. The fourth-order valence-corrected chi connectivity index (χ4v) is 3.31. The smallest absolute Gasteiger partial charge is 0.276 e. The highest BCUT2D eigenvalue weighted by Gasteiger charge is 2.29. The van der Waals surface area contributed by atoms with E-state index in [0.717, 1.165) is 22.6 Å². The van der Waals surface area contributed by atoms with E-state index in [2.05, 4.69) is 10.3 Å². The summed E-state index contributed by atoms with van der Waals surface area (Å²) >= 11 is 0. The number of amides is 1. The first-order chi connectivity index (χ1) is 13.7. The second-order valence-electron chi connectivity index (χ2n) is 6.79.